The third-order valence-corrected chi connectivity index (χ3v) is 4.32. The van der Waals surface area contributed by atoms with Crippen molar-refractivity contribution in [2.75, 3.05) is 13.2 Å². The zero-order valence-electron chi connectivity index (χ0n) is 11.5. The highest BCUT2D eigenvalue weighted by atomic mass is 16.5. The van der Waals surface area contributed by atoms with E-state index in [4.69, 9.17) is 4.74 Å². The molecule has 3 nitrogen and oxygen atoms in total. The Bertz CT molecular complexity index is 496. The molecular formula is C16H21NO2. The monoisotopic (exact) mass is 258 g/mol. The van der Waals surface area contributed by atoms with E-state index in [0.29, 0.717) is 12.3 Å². The van der Waals surface area contributed by atoms with Crippen LogP contribution in [-0.4, -0.2) is 19.1 Å². The van der Waals surface area contributed by atoms with Crippen molar-refractivity contribution in [2.24, 2.45) is 0 Å². The lowest BCUT2D eigenvalue weighted by molar-refractivity contribution is -0.120. The van der Waals surface area contributed by atoms with Crippen LogP contribution in [0.1, 0.15) is 48.8 Å². The van der Waals surface area contributed by atoms with Crippen molar-refractivity contribution < 1.29 is 9.53 Å². The fraction of sp³-hybridized carbons (Fsp3) is 0.562. The molecule has 0 spiro atoms. The Balaban J connectivity index is 1.71. The van der Waals surface area contributed by atoms with Gasteiger partial charge in [0.2, 0.25) is 5.91 Å². The standard InChI is InChI=1S/C16H21NO2/c1-2-15(18)17-9-7-12-4-3-11-5-6-14-13(16(11)12)8-10-19-14/h5-6,12H,2-4,7-10H2,1H3,(H,17,18)/t12-/m0/s1/i1-1. The van der Waals surface area contributed by atoms with Gasteiger partial charge in [0.15, 0.2) is 0 Å². The van der Waals surface area contributed by atoms with Crippen molar-refractivity contribution in [3.63, 3.8) is 0 Å². The number of nitrogens with one attached hydrogen (secondary N) is 1. The van der Waals surface area contributed by atoms with Gasteiger partial charge >= 0.3 is 0 Å². The van der Waals surface area contributed by atoms with E-state index in [1.54, 1.807) is 0 Å². The summed E-state index contributed by atoms with van der Waals surface area (Å²) in [7, 11) is 0. The van der Waals surface area contributed by atoms with Crippen LogP contribution < -0.4 is 10.1 Å². The molecule has 102 valence electrons. The summed E-state index contributed by atoms with van der Waals surface area (Å²) in [4.78, 5) is 11.3. The molecule has 1 heterocycles. The largest absolute Gasteiger partial charge is 0.493 e. The average molecular weight is 258 g/mol. The topological polar surface area (TPSA) is 38.3 Å². The molecule has 0 aromatic heterocycles. The highest BCUT2D eigenvalue weighted by molar-refractivity contribution is 5.75. The van der Waals surface area contributed by atoms with Gasteiger partial charge in [0, 0.05) is 24.9 Å². The number of hydrogen-bond donors (Lipinski definition) is 1. The lowest BCUT2D eigenvalue weighted by Crippen LogP contribution is -2.24. The van der Waals surface area contributed by atoms with Crippen LogP contribution in [-0.2, 0) is 17.6 Å². The van der Waals surface area contributed by atoms with Gasteiger partial charge in [-0.1, -0.05) is 13.0 Å². The number of ether oxygens (including phenoxy) is 1. The summed E-state index contributed by atoms with van der Waals surface area (Å²) in [5.41, 5.74) is 4.46. The van der Waals surface area contributed by atoms with E-state index in [1.165, 1.54) is 29.5 Å². The van der Waals surface area contributed by atoms with Crippen molar-refractivity contribution in [1.82, 2.24) is 5.32 Å². The van der Waals surface area contributed by atoms with Crippen molar-refractivity contribution >= 4 is 5.91 Å². The molecule has 0 unspecified atom stereocenters. The fourth-order valence-electron chi connectivity index (χ4n) is 3.35. The molecule has 3 heteroatoms. The molecule has 2 aliphatic rings. The van der Waals surface area contributed by atoms with Gasteiger partial charge in [-0.2, -0.15) is 0 Å². The normalized spacial score (nSPS) is 19.7. The molecule has 0 radical (unpaired) electrons. The van der Waals surface area contributed by atoms with Crippen LogP contribution in [0.3, 0.4) is 0 Å². The van der Waals surface area contributed by atoms with Gasteiger partial charge in [-0.3, -0.25) is 4.79 Å². The number of carbonyl (C=O) groups is 1. The number of benzene rings is 1. The first-order valence-electron chi connectivity index (χ1n) is 7.33. The van der Waals surface area contributed by atoms with Crippen LogP contribution in [0.15, 0.2) is 12.1 Å². The van der Waals surface area contributed by atoms with Crippen molar-refractivity contribution in [3.8, 4) is 5.75 Å². The van der Waals surface area contributed by atoms with Gasteiger partial charge in [0.05, 0.1) is 6.61 Å². The van der Waals surface area contributed by atoms with E-state index < -0.39 is 0 Å². The van der Waals surface area contributed by atoms with Gasteiger partial charge in [-0.15, -0.1) is 0 Å². The first-order chi connectivity index (χ1) is 9.29. The fourth-order valence-corrected chi connectivity index (χ4v) is 3.35. The zero-order chi connectivity index (χ0) is 13.2. The molecule has 3 rings (SSSR count). The summed E-state index contributed by atoms with van der Waals surface area (Å²) in [6.07, 6.45) is 5.07. The van der Waals surface area contributed by atoms with Gasteiger partial charge in [0.25, 0.3) is 0 Å². The second-order valence-electron chi connectivity index (χ2n) is 5.44. The first kappa shape index (κ1) is 12.5. The number of hydrogen-bond acceptors (Lipinski definition) is 2. The Labute approximate surface area is 114 Å². The molecule has 1 amide bonds. The van der Waals surface area contributed by atoms with E-state index in [9.17, 15) is 4.79 Å². The number of fused-ring (bicyclic) bond motifs is 3. The quantitative estimate of drug-likeness (QED) is 0.901. The van der Waals surface area contributed by atoms with Crippen molar-refractivity contribution in [3.05, 3.63) is 28.8 Å². The minimum Gasteiger partial charge on any atom is -0.493 e. The summed E-state index contributed by atoms with van der Waals surface area (Å²) >= 11 is 0. The number of carbonyl (C=O) groups excluding carboxylic acids is 1. The van der Waals surface area contributed by atoms with E-state index >= 15 is 0 Å². The van der Waals surface area contributed by atoms with Gasteiger partial charge in [-0.05, 0) is 42.4 Å². The van der Waals surface area contributed by atoms with Crippen molar-refractivity contribution in [2.45, 2.75) is 44.9 Å². The van der Waals surface area contributed by atoms with E-state index in [2.05, 4.69) is 17.4 Å². The van der Waals surface area contributed by atoms with Gasteiger partial charge in [-0.25, -0.2) is 0 Å². The maximum atomic E-state index is 11.3. The molecule has 0 saturated heterocycles. The predicted octanol–water partition coefficient (Wildman–Crippen LogP) is 2.57. The SMILES string of the molecule is [11CH3]CC(=O)NCC[C@@H]1CCc2ccc3c(c21)CCO3. The molecule has 1 aliphatic carbocycles. The predicted molar refractivity (Wildman–Crippen MR) is 74.6 cm³/mol. The highest BCUT2D eigenvalue weighted by Gasteiger charge is 2.29. The Kier molecular flexibility index (Phi) is 3.45. The number of rotatable bonds is 4. The van der Waals surface area contributed by atoms with Crippen LogP contribution in [0, 0.1) is 0 Å². The minimum absolute atomic E-state index is 0.153. The maximum Gasteiger partial charge on any atom is 0.219 e. The van der Waals surface area contributed by atoms with Crippen LogP contribution in [0.5, 0.6) is 5.75 Å². The Morgan fingerprint density at radius 2 is 2.32 bits per heavy atom. The Morgan fingerprint density at radius 3 is 3.16 bits per heavy atom. The molecule has 1 aromatic carbocycles. The molecule has 1 atom stereocenters. The van der Waals surface area contributed by atoms with Gasteiger partial charge in [0.1, 0.15) is 5.75 Å². The molecular weight excluding hydrogens is 237 g/mol. The van der Waals surface area contributed by atoms with Crippen LogP contribution in [0.25, 0.3) is 0 Å². The second kappa shape index (κ2) is 5.24. The third kappa shape index (κ3) is 2.34. The molecule has 0 bridgehead atoms. The average Bonchev–Trinajstić information content (AvgIpc) is 3.03. The summed E-state index contributed by atoms with van der Waals surface area (Å²) in [6, 6.07) is 4.35. The maximum absolute atomic E-state index is 11.3. The van der Waals surface area contributed by atoms with Crippen LogP contribution in [0.2, 0.25) is 0 Å². The third-order valence-electron chi connectivity index (χ3n) is 4.32. The second-order valence-corrected chi connectivity index (χ2v) is 5.44. The molecule has 0 fully saturated rings. The Morgan fingerprint density at radius 1 is 1.42 bits per heavy atom. The smallest absolute Gasteiger partial charge is 0.219 e. The van der Waals surface area contributed by atoms with Crippen LogP contribution >= 0.6 is 0 Å². The summed E-state index contributed by atoms with van der Waals surface area (Å²) in [6.45, 7) is 3.51. The molecule has 1 aromatic rings. The Hall–Kier alpha value is -1.51. The number of amides is 1. The highest BCUT2D eigenvalue weighted by Crippen LogP contribution is 2.42. The summed E-state index contributed by atoms with van der Waals surface area (Å²) < 4.78 is 5.66. The minimum atomic E-state index is 0.153. The summed E-state index contributed by atoms with van der Waals surface area (Å²) in [5.74, 6) is 1.84. The van der Waals surface area contributed by atoms with Gasteiger partial charge < -0.3 is 10.1 Å². The zero-order valence-corrected chi connectivity index (χ0v) is 11.5. The molecule has 1 aliphatic heterocycles. The molecule has 0 saturated carbocycles. The first-order valence-corrected chi connectivity index (χ1v) is 7.33. The summed E-state index contributed by atoms with van der Waals surface area (Å²) in [5, 5.41) is 2.99. The van der Waals surface area contributed by atoms with E-state index in [-0.39, 0.29) is 5.91 Å². The lowest BCUT2D eigenvalue weighted by Gasteiger charge is -2.15. The van der Waals surface area contributed by atoms with E-state index in [1.807, 2.05) is 6.92 Å². The van der Waals surface area contributed by atoms with Crippen molar-refractivity contribution in [1.29, 1.82) is 0 Å². The molecule has 19 heavy (non-hydrogen) atoms. The van der Waals surface area contributed by atoms with E-state index in [0.717, 1.165) is 31.7 Å². The molecule has 1 N–H and O–H groups in total. The van der Waals surface area contributed by atoms with Crippen LogP contribution in [0.4, 0.5) is 0 Å². The lowest BCUT2D eigenvalue weighted by atomic mass is 9.92. The number of aryl methyl sites for hydroxylation is 1.